The highest BCUT2D eigenvalue weighted by atomic mass is 16.7. The van der Waals surface area contributed by atoms with Crippen molar-refractivity contribution >= 4 is 11.9 Å². The van der Waals surface area contributed by atoms with Crippen molar-refractivity contribution in [2.24, 2.45) is 0 Å². The summed E-state index contributed by atoms with van der Waals surface area (Å²) in [5.74, 6) is -0.828. The van der Waals surface area contributed by atoms with Crippen LogP contribution in [0.1, 0.15) is 16.1 Å². The first kappa shape index (κ1) is 13.6. The van der Waals surface area contributed by atoms with Crippen LogP contribution in [-0.2, 0) is 11.3 Å². The first-order valence-electron chi connectivity index (χ1n) is 5.64. The van der Waals surface area contributed by atoms with E-state index in [0.717, 1.165) is 11.6 Å². The zero-order chi connectivity index (χ0) is 14.5. The number of esters is 1. The van der Waals surface area contributed by atoms with Crippen molar-refractivity contribution in [2.45, 2.75) is 6.61 Å². The SMILES string of the molecule is COc1cccc(COC(=O)c2ccc([N+](=O)[O-])o2)c1. The van der Waals surface area contributed by atoms with E-state index in [1.165, 1.54) is 13.2 Å². The lowest BCUT2D eigenvalue weighted by atomic mass is 10.2. The second-order valence-corrected chi connectivity index (χ2v) is 3.82. The van der Waals surface area contributed by atoms with Crippen molar-refractivity contribution < 1.29 is 23.6 Å². The molecule has 7 nitrogen and oxygen atoms in total. The van der Waals surface area contributed by atoms with Gasteiger partial charge in [-0.05, 0) is 23.8 Å². The molecular weight excluding hydrogens is 266 g/mol. The van der Waals surface area contributed by atoms with Gasteiger partial charge in [0, 0.05) is 0 Å². The fourth-order valence-electron chi connectivity index (χ4n) is 1.52. The smallest absolute Gasteiger partial charge is 0.433 e. The Morgan fingerprint density at radius 3 is 2.80 bits per heavy atom. The summed E-state index contributed by atoms with van der Waals surface area (Å²) >= 11 is 0. The van der Waals surface area contributed by atoms with Crippen LogP contribution in [0.4, 0.5) is 5.88 Å². The summed E-state index contributed by atoms with van der Waals surface area (Å²) < 4.78 is 14.8. The fourth-order valence-corrected chi connectivity index (χ4v) is 1.52. The second kappa shape index (κ2) is 5.87. The van der Waals surface area contributed by atoms with Crippen LogP contribution in [-0.4, -0.2) is 18.0 Å². The lowest BCUT2D eigenvalue weighted by molar-refractivity contribution is -0.402. The highest BCUT2D eigenvalue weighted by molar-refractivity contribution is 5.86. The fraction of sp³-hybridized carbons (Fsp3) is 0.154. The van der Waals surface area contributed by atoms with E-state index in [-0.39, 0.29) is 12.4 Å². The molecule has 0 radical (unpaired) electrons. The van der Waals surface area contributed by atoms with Gasteiger partial charge in [-0.2, -0.15) is 0 Å². The Morgan fingerprint density at radius 2 is 2.15 bits per heavy atom. The molecule has 2 rings (SSSR count). The molecule has 0 saturated carbocycles. The molecule has 0 unspecified atom stereocenters. The predicted molar refractivity (Wildman–Crippen MR) is 67.5 cm³/mol. The van der Waals surface area contributed by atoms with E-state index in [9.17, 15) is 14.9 Å². The van der Waals surface area contributed by atoms with Crippen molar-refractivity contribution in [2.75, 3.05) is 7.11 Å². The Bertz CT molecular complexity index is 633. The molecule has 1 aromatic heterocycles. The topological polar surface area (TPSA) is 91.8 Å². The molecule has 20 heavy (non-hydrogen) atoms. The molecule has 0 atom stereocenters. The summed E-state index contributed by atoms with van der Waals surface area (Å²) in [7, 11) is 1.53. The number of carbonyl (C=O) groups excluding carboxylic acids is 1. The standard InChI is InChI=1S/C13H11NO6/c1-18-10-4-2-3-9(7-10)8-19-13(15)11-5-6-12(20-11)14(16)17/h2-7H,8H2,1H3. The molecule has 2 aromatic rings. The molecule has 0 amide bonds. The number of hydrogen-bond acceptors (Lipinski definition) is 6. The van der Waals surface area contributed by atoms with E-state index in [1.807, 2.05) is 0 Å². The number of carbonyl (C=O) groups is 1. The van der Waals surface area contributed by atoms with Crippen LogP contribution in [0.3, 0.4) is 0 Å². The summed E-state index contributed by atoms with van der Waals surface area (Å²) in [6.07, 6.45) is 0. The molecule has 0 saturated heterocycles. The van der Waals surface area contributed by atoms with E-state index in [1.54, 1.807) is 24.3 Å². The molecule has 1 aromatic carbocycles. The zero-order valence-electron chi connectivity index (χ0n) is 10.6. The van der Waals surface area contributed by atoms with Crippen molar-refractivity contribution in [3.05, 3.63) is 57.8 Å². The largest absolute Gasteiger partial charge is 0.497 e. The minimum atomic E-state index is -0.763. The third-order valence-electron chi connectivity index (χ3n) is 2.48. The summed E-state index contributed by atoms with van der Waals surface area (Å²) in [6.45, 7) is 0.0184. The molecule has 0 aliphatic heterocycles. The van der Waals surface area contributed by atoms with E-state index >= 15 is 0 Å². The molecule has 0 bridgehead atoms. The highest BCUT2D eigenvalue weighted by Gasteiger charge is 2.18. The van der Waals surface area contributed by atoms with Crippen LogP contribution in [0, 0.1) is 10.1 Å². The first-order valence-corrected chi connectivity index (χ1v) is 5.64. The second-order valence-electron chi connectivity index (χ2n) is 3.82. The van der Waals surface area contributed by atoms with E-state index < -0.39 is 16.8 Å². The van der Waals surface area contributed by atoms with Gasteiger partial charge in [0.1, 0.15) is 17.3 Å². The summed E-state index contributed by atoms with van der Waals surface area (Å²) in [4.78, 5) is 21.3. The molecular formula is C13H11NO6. The lowest BCUT2D eigenvalue weighted by Crippen LogP contribution is -2.04. The number of nitrogens with zero attached hydrogens (tertiary/aromatic N) is 1. The van der Waals surface area contributed by atoms with Crippen molar-refractivity contribution in [3.8, 4) is 5.75 Å². The maximum absolute atomic E-state index is 11.6. The quantitative estimate of drug-likeness (QED) is 0.473. The number of nitro groups is 1. The van der Waals surface area contributed by atoms with Gasteiger partial charge in [0.2, 0.25) is 5.76 Å². The van der Waals surface area contributed by atoms with Gasteiger partial charge < -0.3 is 13.9 Å². The van der Waals surface area contributed by atoms with Crippen LogP contribution in [0.2, 0.25) is 0 Å². The molecule has 104 valence electrons. The first-order chi connectivity index (χ1) is 9.60. The van der Waals surface area contributed by atoms with Gasteiger partial charge >= 0.3 is 11.9 Å². The maximum Gasteiger partial charge on any atom is 0.433 e. The van der Waals surface area contributed by atoms with Gasteiger partial charge in [-0.3, -0.25) is 10.1 Å². The number of methoxy groups -OCH3 is 1. The van der Waals surface area contributed by atoms with Crippen LogP contribution < -0.4 is 4.74 Å². The van der Waals surface area contributed by atoms with Crippen molar-refractivity contribution in [3.63, 3.8) is 0 Å². The average Bonchev–Trinajstić information content (AvgIpc) is 2.95. The molecule has 7 heteroatoms. The summed E-state index contributed by atoms with van der Waals surface area (Å²) in [5, 5.41) is 10.4. The average molecular weight is 277 g/mol. The van der Waals surface area contributed by atoms with Gasteiger partial charge in [0.15, 0.2) is 0 Å². The van der Waals surface area contributed by atoms with Gasteiger partial charge in [-0.15, -0.1) is 0 Å². The van der Waals surface area contributed by atoms with Crippen LogP contribution in [0.15, 0.2) is 40.8 Å². The Kier molecular flexibility index (Phi) is 3.99. The Balaban J connectivity index is 1.98. The minimum absolute atomic E-state index is 0.0184. The van der Waals surface area contributed by atoms with Gasteiger partial charge in [0.05, 0.1) is 13.2 Å². The minimum Gasteiger partial charge on any atom is -0.497 e. The Hall–Kier alpha value is -2.83. The third-order valence-corrected chi connectivity index (χ3v) is 2.48. The number of furan rings is 1. The Labute approximate surface area is 113 Å². The van der Waals surface area contributed by atoms with Crippen LogP contribution >= 0.6 is 0 Å². The highest BCUT2D eigenvalue weighted by Crippen LogP contribution is 2.18. The van der Waals surface area contributed by atoms with Crippen molar-refractivity contribution in [1.82, 2.24) is 0 Å². The van der Waals surface area contributed by atoms with Gasteiger partial charge in [-0.25, -0.2) is 4.79 Å². The molecule has 0 aliphatic rings. The van der Waals surface area contributed by atoms with Gasteiger partial charge in [-0.1, -0.05) is 12.1 Å². The molecule has 1 heterocycles. The number of hydrogen-bond donors (Lipinski definition) is 0. The Morgan fingerprint density at radius 1 is 1.35 bits per heavy atom. The van der Waals surface area contributed by atoms with Crippen LogP contribution in [0.25, 0.3) is 0 Å². The van der Waals surface area contributed by atoms with E-state index in [4.69, 9.17) is 13.9 Å². The van der Waals surface area contributed by atoms with Crippen LogP contribution in [0.5, 0.6) is 5.75 Å². The van der Waals surface area contributed by atoms with Crippen molar-refractivity contribution in [1.29, 1.82) is 0 Å². The summed E-state index contributed by atoms with van der Waals surface area (Å²) in [6, 6.07) is 9.31. The molecule has 0 fully saturated rings. The number of rotatable bonds is 5. The molecule has 0 aliphatic carbocycles. The lowest BCUT2D eigenvalue weighted by Gasteiger charge is -2.05. The van der Waals surface area contributed by atoms with E-state index in [2.05, 4.69) is 0 Å². The molecule has 0 spiro atoms. The third kappa shape index (κ3) is 3.14. The van der Waals surface area contributed by atoms with Gasteiger partial charge in [0.25, 0.3) is 0 Å². The number of benzene rings is 1. The normalized spacial score (nSPS) is 10.1. The van der Waals surface area contributed by atoms with E-state index in [0.29, 0.717) is 5.75 Å². The zero-order valence-corrected chi connectivity index (χ0v) is 10.6. The monoisotopic (exact) mass is 277 g/mol. The molecule has 0 N–H and O–H groups in total. The maximum atomic E-state index is 11.6. The summed E-state index contributed by atoms with van der Waals surface area (Å²) in [5.41, 5.74) is 0.735. The number of ether oxygens (including phenoxy) is 2. The predicted octanol–water partition coefficient (Wildman–Crippen LogP) is 2.55.